The molecule has 1 rings (SSSR count). The van der Waals surface area contributed by atoms with Crippen molar-refractivity contribution in [3.05, 3.63) is 29.8 Å². The van der Waals surface area contributed by atoms with Crippen molar-refractivity contribution < 1.29 is 4.74 Å². The van der Waals surface area contributed by atoms with Crippen molar-refractivity contribution in [1.29, 1.82) is 0 Å². The number of benzene rings is 1. The molecule has 2 heteroatoms. The summed E-state index contributed by atoms with van der Waals surface area (Å²) in [7, 11) is 1.69. The van der Waals surface area contributed by atoms with Gasteiger partial charge in [0, 0.05) is 12.1 Å². The fraction of sp³-hybridized carbons (Fsp3) is 0.571. The van der Waals surface area contributed by atoms with E-state index in [-0.39, 0.29) is 0 Å². The third-order valence-electron chi connectivity index (χ3n) is 2.87. The van der Waals surface area contributed by atoms with E-state index >= 15 is 0 Å². The molecule has 2 unspecified atom stereocenters. The largest absolute Gasteiger partial charge is 0.497 e. The predicted molar refractivity (Wildman–Crippen MR) is 68.9 cm³/mol. The molecule has 0 spiro atoms. The third kappa shape index (κ3) is 3.86. The Labute approximate surface area is 99.0 Å². The van der Waals surface area contributed by atoms with E-state index in [0.717, 1.165) is 5.75 Å². The Morgan fingerprint density at radius 1 is 1.19 bits per heavy atom. The fourth-order valence-corrected chi connectivity index (χ4v) is 1.93. The van der Waals surface area contributed by atoms with Gasteiger partial charge in [-0.1, -0.05) is 25.5 Å². The van der Waals surface area contributed by atoms with Gasteiger partial charge in [0.15, 0.2) is 0 Å². The summed E-state index contributed by atoms with van der Waals surface area (Å²) in [6, 6.07) is 9.23. The zero-order valence-corrected chi connectivity index (χ0v) is 10.8. The summed E-state index contributed by atoms with van der Waals surface area (Å²) in [4.78, 5) is 0. The highest BCUT2D eigenvalue weighted by Crippen LogP contribution is 2.18. The zero-order valence-electron chi connectivity index (χ0n) is 10.8. The van der Waals surface area contributed by atoms with Crippen LogP contribution in [0.5, 0.6) is 5.75 Å². The summed E-state index contributed by atoms with van der Waals surface area (Å²) in [6.45, 7) is 6.66. The molecule has 0 aliphatic rings. The maximum Gasteiger partial charge on any atom is 0.118 e. The first kappa shape index (κ1) is 13.0. The van der Waals surface area contributed by atoms with Crippen LogP contribution in [0, 0.1) is 0 Å². The minimum Gasteiger partial charge on any atom is -0.497 e. The number of hydrogen-bond acceptors (Lipinski definition) is 2. The number of hydrogen-bond donors (Lipinski definition) is 1. The van der Waals surface area contributed by atoms with E-state index in [1.54, 1.807) is 7.11 Å². The molecule has 2 atom stereocenters. The lowest BCUT2D eigenvalue weighted by atomic mass is 10.1. The summed E-state index contributed by atoms with van der Waals surface area (Å²) >= 11 is 0. The van der Waals surface area contributed by atoms with Gasteiger partial charge < -0.3 is 10.1 Å². The summed E-state index contributed by atoms with van der Waals surface area (Å²) in [5, 5.41) is 3.59. The average Bonchev–Trinajstić information content (AvgIpc) is 2.29. The smallest absolute Gasteiger partial charge is 0.118 e. The molecule has 1 aromatic rings. The van der Waals surface area contributed by atoms with Crippen LogP contribution in [0.15, 0.2) is 24.3 Å². The van der Waals surface area contributed by atoms with E-state index in [4.69, 9.17) is 4.74 Å². The van der Waals surface area contributed by atoms with Gasteiger partial charge in [-0.25, -0.2) is 0 Å². The SMILES string of the molecule is CCCC(C)NC(C)c1ccc(OC)cc1. The average molecular weight is 221 g/mol. The second kappa shape index (κ2) is 6.54. The molecule has 16 heavy (non-hydrogen) atoms. The van der Waals surface area contributed by atoms with Gasteiger partial charge in [0.1, 0.15) is 5.75 Å². The Kier molecular flexibility index (Phi) is 5.33. The highest BCUT2D eigenvalue weighted by molar-refractivity contribution is 5.28. The van der Waals surface area contributed by atoms with E-state index in [1.165, 1.54) is 18.4 Å². The van der Waals surface area contributed by atoms with E-state index < -0.39 is 0 Å². The summed E-state index contributed by atoms with van der Waals surface area (Å²) in [5.41, 5.74) is 1.31. The number of ether oxygens (including phenoxy) is 1. The van der Waals surface area contributed by atoms with Crippen LogP contribution in [0.2, 0.25) is 0 Å². The van der Waals surface area contributed by atoms with Crippen molar-refractivity contribution >= 4 is 0 Å². The third-order valence-corrected chi connectivity index (χ3v) is 2.87. The van der Waals surface area contributed by atoms with Crippen molar-refractivity contribution in [3.63, 3.8) is 0 Å². The summed E-state index contributed by atoms with van der Waals surface area (Å²) < 4.78 is 5.15. The van der Waals surface area contributed by atoms with Crippen LogP contribution in [0.1, 0.15) is 45.2 Å². The Bertz CT molecular complexity index is 294. The van der Waals surface area contributed by atoms with Crippen molar-refractivity contribution in [1.82, 2.24) is 5.32 Å². The Balaban J connectivity index is 2.55. The van der Waals surface area contributed by atoms with Gasteiger partial charge in [-0.2, -0.15) is 0 Å². The number of rotatable bonds is 6. The first-order chi connectivity index (χ1) is 7.67. The van der Waals surface area contributed by atoms with Crippen LogP contribution in [0.4, 0.5) is 0 Å². The standard InChI is InChI=1S/C14H23NO/c1-5-6-11(2)15-12(3)13-7-9-14(16-4)10-8-13/h7-12,15H,5-6H2,1-4H3. The quantitative estimate of drug-likeness (QED) is 0.793. The predicted octanol–water partition coefficient (Wildman–Crippen LogP) is 3.53. The van der Waals surface area contributed by atoms with E-state index in [0.29, 0.717) is 12.1 Å². The van der Waals surface area contributed by atoms with Gasteiger partial charge in [0.05, 0.1) is 7.11 Å². The van der Waals surface area contributed by atoms with Crippen molar-refractivity contribution in [2.45, 2.75) is 45.7 Å². The lowest BCUT2D eigenvalue weighted by Gasteiger charge is -2.20. The number of methoxy groups -OCH3 is 1. The van der Waals surface area contributed by atoms with Crippen LogP contribution < -0.4 is 10.1 Å². The molecule has 90 valence electrons. The molecule has 1 aromatic carbocycles. The highest BCUT2D eigenvalue weighted by Gasteiger charge is 2.08. The molecular weight excluding hydrogens is 198 g/mol. The van der Waals surface area contributed by atoms with Gasteiger partial charge in [-0.05, 0) is 38.0 Å². The maximum atomic E-state index is 5.15. The van der Waals surface area contributed by atoms with Crippen LogP contribution in [-0.2, 0) is 0 Å². The molecule has 0 saturated heterocycles. The van der Waals surface area contributed by atoms with Crippen molar-refractivity contribution in [2.75, 3.05) is 7.11 Å². The number of nitrogens with one attached hydrogen (secondary N) is 1. The second-order valence-corrected chi connectivity index (χ2v) is 4.35. The molecule has 0 bridgehead atoms. The van der Waals surface area contributed by atoms with Crippen LogP contribution in [0.3, 0.4) is 0 Å². The Hall–Kier alpha value is -1.02. The van der Waals surface area contributed by atoms with Crippen LogP contribution in [-0.4, -0.2) is 13.2 Å². The van der Waals surface area contributed by atoms with Gasteiger partial charge >= 0.3 is 0 Å². The first-order valence-corrected chi connectivity index (χ1v) is 6.07. The van der Waals surface area contributed by atoms with Gasteiger partial charge in [0.25, 0.3) is 0 Å². The Morgan fingerprint density at radius 3 is 2.31 bits per heavy atom. The zero-order chi connectivity index (χ0) is 12.0. The topological polar surface area (TPSA) is 21.3 Å². The minimum atomic E-state index is 0.396. The van der Waals surface area contributed by atoms with Gasteiger partial charge in [-0.15, -0.1) is 0 Å². The Morgan fingerprint density at radius 2 is 1.81 bits per heavy atom. The molecule has 0 fully saturated rings. The van der Waals surface area contributed by atoms with Gasteiger partial charge in [0.2, 0.25) is 0 Å². The second-order valence-electron chi connectivity index (χ2n) is 4.35. The molecule has 0 heterocycles. The van der Waals surface area contributed by atoms with Crippen LogP contribution in [0.25, 0.3) is 0 Å². The molecule has 0 saturated carbocycles. The van der Waals surface area contributed by atoms with Crippen LogP contribution >= 0.6 is 0 Å². The lowest BCUT2D eigenvalue weighted by molar-refractivity contribution is 0.413. The fourth-order valence-electron chi connectivity index (χ4n) is 1.93. The summed E-state index contributed by atoms with van der Waals surface area (Å²) in [6.07, 6.45) is 2.45. The molecule has 0 aliphatic carbocycles. The molecule has 0 amide bonds. The van der Waals surface area contributed by atoms with Crippen molar-refractivity contribution in [3.8, 4) is 5.75 Å². The summed E-state index contributed by atoms with van der Waals surface area (Å²) in [5.74, 6) is 0.914. The molecule has 0 aromatic heterocycles. The molecule has 1 N–H and O–H groups in total. The molecule has 2 nitrogen and oxygen atoms in total. The maximum absolute atomic E-state index is 5.15. The monoisotopic (exact) mass is 221 g/mol. The van der Waals surface area contributed by atoms with E-state index in [2.05, 4.69) is 38.2 Å². The highest BCUT2D eigenvalue weighted by atomic mass is 16.5. The normalized spacial score (nSPS) is 14.5. The molecular formula is C14H23NO. The van der Waals surface area contributed by atoms with E-state index in [1.807, 2.05) is 12.1 Å². The minimum absolute atomic E-state index is 0.396. The molecule has 0 aliphatic heterocycles. The van der Waals surface area contributed by atoms with Crippen molar-refractivity contribution in [2.24, 2.45) is 0 Å². The molecule has 0 radical (unpaired) electrons. The first-order valence-electron chi connectivity index (χ1n) is 6.07. The van der Waals surface area contributed by atoms with Gasteiger partial charge in [-0.3, -0.25) is 0 Å². The lowest BCUT2D eigenvalue weighted by Crippen LogP contribution is -2.28. The van der Waals surface area contributed by atoms with E-state index in [9.17, 15) is 0 Å².